The van der Waals surface area contributed by atoms with Crippen molar-refractivity contribution in [2.75, 3.05) is 43.0 Å². The van der Waals surface area contributed by atoms with Crippen LogP contribution >= 0.6 is 23.8 Å². The molecule has 3 rings (SSSR count). The van der Waals surface area contributed by atoms with Gasteiger partial charge in [0.2, 0.25) is 0 Å². The number of hydrogen-bond acceptors (Lipinski definition) is 5. The number of carbonyl (C=O) groups excluding carboxylic acids is 2. The molecule has 1 aliphatic heterocycles. The highest BCUT2D eigenvalue weighted by Gasteiger charge is 2.43. The van der Waals surface area contributed by atoms with E-state index in [-0.39, 0.29) is 31.3 Å². The lowest BCUT2D eigenvalue weighted by atomic mass is 10.2. The van der Waals surface area contributed by atoms with Gasteiger partial charge < -0.3 is 19.9 Å². The Bertz CT molecular complexity index is 1080. The van der Waals surface area contributed by atoms with Gasteiger partial charge in [0.15, 0.2) is 5.11 Å². The summed E-state index contributed by atoms with van der Waals surface area (Å²) < 4.78 is 43.5. The fourth-order valence-corrected chi connectivity index (χ4v) is 3.81. The van der Waals surface area contributed by atoms with E-state index in [0.717, 1.165) is 4.90 Å². The largest absolute Gasteiger partial charge is 0.494 e. The number of nitrogens with one attached hydrogen (secondary N) is 2. The number of alkyl halides is 3. The van der Waals surface area contributed by atoms with Crippen LogP contribution in [0.5, 0.6) is 5.75 Å². The molecule has 0 aliphatic carbocycles. The average molecular weight is 515 g/mol. The predicted molar refractivity (Wildman–Crippen MR) is 128 cm³/mol. The number of nitrogens with zero attached hydrogens (tertiary/aromatic N) is 2. The van der Waals surface area contributed by atoms with Crippen molar-refractivity contribution in [3.05, 3.63) is 53.1 Å². The number of anilines is 2. The van der Waals surface area contributed by atoms with E-state index < -0.39 is 18.0 Å². The number of thiocarbonyl (C=S) groups is 1. The molecule has 2 aromatic rings. The number of piperazine rings is 1. The van der Waals surface area contributed by atoms with Gasteiger partial charge in [-0.25, -0.2) is 0 Å². The molecule has 12 heteroatoms. The first-order valence-electron chi connectivity index (χ1n) is 10.3. The molecule has 0 saturated carbocycles. The Morgan fingerprint density at radius 1 is 1.12 bits per heavy atom. The molecule has 34 heavy (non-hydrogen) atoms. The highest BCUT2D eigenvalue weighted by Crippen LogP contribution is 2.31. The van der Waals surface area contributed by atoms with Crippen molar-refractivity contribution in [1.82, 2.24) is 10.2 Å². The van der Waals surface area contributed by atoms with E-state index in [1.807, 2.05) is 11.8 Å². The smallest absolute Gasteiger partial charge is 0.471 e. The molecule has 1 aliphatic rings. The maximum atomic E-state index is 12.7. The third-order valence-electron chi connectivity index (χ3n) is 4.99. The van der Waals surface area contributed by atoms with E-state index in [9.17, 15) is 22.8 Å². The number of ether oxygens (including phenoxy) is 1. The topological polar surface area (TPSA) is 73.9 Å². The van der Waals surface area contributed by atoms with E-state index in [0.29, 0.717) is 34.3 Å². The summed E-state index contributed by atoms with van der Waals surface area (Å²) in [7, 11) is 0. The van der Waals surface area contributed by atoms with Gasteiger partial charge in [-0.05, 0) is 55.5 Å². The molecule has 2 aromatic carbocycles. The number of hydrogen-bond donors (Lipinski definition) is 2. The third-order valence-corrected chi connectivity index (χ3v) is 5.43. The van der Waals surface area contributed by atoms with Crippen LogP contribution in [-0.2, 0) is 4.79 Å². The van der Waals surface area contributed by atoms with Gasteiger partial charge in [0, 0.05) is 36.8 Å². The molecule has 2 amide bonds. The molecule has 182 valence electrons. The standard InChI is InChI=1S/C22H22ClF3N4O3S/c1-2-33-16-5-3-4-14(12-16)19(31)28-21(34)27-17-13-15(23)6-7-18(17)29-8-10-30(11-9-29)20(32)22(24,25)26/h3-7,12-13H,2,8-11H2,1H3,(H2,27,28,31,34). The third kappa shape index (κ3) is 6.51. The maximum absolute atomic E-state index is 12.7. The van der Waals surface area contributed by atoms with Gasteiger partial charge in [0.1, 0.15) is 5.75 Å². The first kappa shape index (κ1) is 25.6. The summed E-state index contributed by atoms with van der Waals surface area (Å²) in [5, 5.41) is 5.93. The minimum Gasteiger partial charge on any atom is -0.494 e. The molecule has 1 saturated heterocycles. The molecule has 0 atom stereocenters. The van der Waals surface area contributed by atoms with Crippen LogP contribution in [0.4, 0.5) is 24.5 Å². The molecule has 2 N–H and O–H groups in total. The second-order valence-electron chi connectivity index (χ2n) is 7.31. The van der Waals surface area contributed by atoms with Gasteiger partial charge in [-0.3, -0.25) is 14.9 Å². The van der Waals surface area contributed by atoms with Crippen LogP contribution in [0, 0.1) is 0 Å². The fourth-order valence-electron chi connectivity index (χ4n) is 3.44. The normalized spacial score (nSPS) is 13.9. The Kier molecular flexibility index (Phi) is 8.21. The molecule has 1 heterocycles. The summed E-state index contributed by atoms with van der Waals surface area (Å²) in [4.78, 5) is 26.7. The van der Waals surface area contributed by atoms with Gasteiger partial charge in [-0.2, -0.15) is 13.2 Å². The van der Waals surface area contributed by atoms with Gasteiger partial charge in [-0.1, -0.05) is 17.7 Å². The van der Waals surface area contributed by atoms with Gasteiger partial charge in [0.05, 0.1) is 18.0 Å². The van der Waals surface area contributed by atoms with Crippen molar-refractivity contribution >= 4 is 52.1 Å². The Balaban J connectivity index is 1.67. The molecule has 0 spiro atoms. The summed E-state index contributed by atoms with van der Waals surface area (Å²) in [5.74, 6) is -1.74. The van der Waals surface area contributed by atoms with E-state index in [1.54, 1.807) is 42.5 Å². The Morgan fingerprint density at radius 2 is 1.82 bits per heavy atom. The molecule has 1 fully saturated rings. The van der Waals surface area contributed by atoms with Crippen LogP contribution in [0.1, 0.15) is 17.3 Å². The van der Waals surface area contributed by atoms with Crippen LogP contribution in [0.15, 0.2) is 42.5 Å². The number of halogens is 4. The van der Waals surface area contributed by atoms with Gasteiger partial charge in [0.25, 0.3) is 5.91 Å². The summed E-state index contributed by atoms with van der Waals surface area (Å²) in [6.45, 7) is 2.49. The Hall–Kier alpha value is -3.05. The summed E-state index contributed by atoms with van der Waals surface area (Å²) >= 11 is 11.4. The van der Waals surface area contributed by atoms with Gasteiger partial charge in [-0.15, -0.1) is 0 Å². The highest BCUT2D eigenvalue weighted by atomic mass is 35.5. The zero-order chi connectivity index (χ0) is 24.9. The Labute approximate surface area is 204 Å². The van der Waals surface area contributed by atoms with Crippen molar-refractivity contribution in [1.29, 1.82) is 0 Å². The lowest BCUT2D eigenvalue weighted by molar-refractivity contribution is -0.185. The van der Waals surface area contributed by atoms with Crippen molar-refractivity contribution in [3.8, 4) is 5.75 Å². The zero-order valence-corrected chi connectivity index (χ0v) is 19.7. The van der Waals surface area contributed by atoms with Crippen LogP contribution in [-0.4, -0.2) is 60.8 Å². The van der Waals surface area contributed by atoms with E-state index >= 15 is 0 Å². The first-order chi connectivity index (χ1) is 16.1. The van der Waals surface area contributed by atoms with Gasteiger partial charge >= 0.3 is 12.1 Å². The quantitative estimate of drug-likeness (QED) is 0.586. The predicted octanol–water partition coefficient (Wildman–Crippen LogP) is 4.08. The minimum atomic E-state index is -4.90. The molecular weight excluding hydrogens is 493 g/mol. The maximum Gasteiger partial charge on any atom is 0.471 e. The number of carbonyl (C=O) groups is 2. The fraction of sp³-hybridized carbons (Fsp3) is 0.318. The van der Waals surface area contributed by atoms with E-state index in [4.69, 9.17) is 28.6 Å². The van der Waals surface area contributed by atoms with Crippen molar-refractivity contribution in [2.24, 2.45) is 0 Å². The minimum absolute atomic E-state index is 0.0150. The highest BCUT2D eigenvalue weighted by molar-refractivity contribution is 7.80. The number of benzene rings is 2. The van der Waals surface area contributed by atoms with Crippen molar-refractivity contribution in [2.45, 2.75) is 13.1 Å². The number of amides is 2. The Morgan fingerprint density at radius 3 is 2.47 bits per heavy atom. The van der Waals surface area contributed by atoms with E-state index in [2.05, 4.69) is 10.6 Å². The van der Waals surface area contributed by atoms with Crippen LogP contribution in [0.3, 0.4) is 0 Å². The average Bonchev–Trinajstić information content (AvgIpc) is 2.78. The SMILES string of the molecule is CCOc1cccc(C(=O)NC(=S)Nc2cc(Cl)ccc2N2CCN(C(=O)C(F)(F)F)CC2)c1. The summed E-state index contributed by atoms with van der Waals surface area (Å²) in [6, 6.07) is 11.6. The zero-order valence-electron chi connectivity index (χ0n) is 18.1. The molecule has 0 bridgehead atoms. The second-order valence-corrected chi connectivity index (χ2v) is 8.15. The second kappa shape index (κ2) is 10.9. The molecule has 7 nitrogen and oxygen atoms in total. The van der Waals surface area contributed by atoms with E-state index in [1.165, 1.54) is 0 Å². The monoisotopic (exact) mass is 514 g/mol. The number of rotatable bonds is 5. The first-order valence-corrected chi connectivity index (χ1v) is 11.1. The lowest BCUT2D eigenvalue weighted by Crippen LogP contribution is -2.52. The van der Waals surface area contributed by atoms with Crippen LogP contribution < -0.4 is 20.3 Å². The molecule has 0 radical (unpaired) electrons. The lowest BCUT2D eigenvalue weighted by Gasteiger charge is -2.37. The van der Waals surface area contributed by atoms with Crippen molar-refractivity contribution in [3.63, 3.8) is 0 Å². The van der Waals surface area contributed by atoms with Crippen LogP contribution in [0.2, 0.25) is 5.02 Å². The molecule has 0 unspecified atom stereocenters. The molecular formula is C22H22ClF3N4O3S. The summed E-state index contributed by atoms with van der Waals surface area (Å²) in [6.07, 6.45) is -4.90. The summed E-state index contributed by atoms with van der Waals surface area (Å²) in [5.41, 5.74) is 1.45. The molecule has 0 aromatic heterocycles. The van der Waals surface area contributed by atoms with Crippen molar-refractivity contribution < 1.29 is 27.5 Å². The van der Waals surface area contributed by atoms with Crippen LogP contribution in [0.25, 0.3) is 0 Å².